The lowest BCUT2D eigenvalue weighted by Gasteiger charge is -2.23. The lowest BCUT2D eigenvalue weighted by Crippen LogP contribution is -2.30. The van der Waals surface area contributed by atoms with E-state index < -0.39 is 0 Å². The molecule has 0 saturated heterocycles. The van der Waals surface area contributed by atoms with Crippen molar-refractivity contribution >= 4 is 5.91 Å². The molecule has 6 heteroatoms. The van der Waals surface area contributed by atoms with Crippen LogP contribution in [-0.4, -0.2) is 25.6 Å². The Morgan fingerprint density at radius 2 is 1.72 bits per heavy atom. The van der Waals surface area contributed by atoms with Crippen LogP contribution in [0.3, 0.4) is 0 Å². The van der Waals surface area contributed by atoms with E-state index in [-0.39, 0.29) is 18.3 Å². The summed E-state index contributed by atoms with van der Waals surface area (Å²) in [5.41, 5.74) is 4.89. The summed E-state index contributed by atoms with van der Waals surface area (Å²) in [6.45, 7) is 5.09. The molecule has 0 unspecified atom stereocenters. The zero-order valence-electron chi connectivity index (χ0n) is 18.2. The molecule has 0 spiro atoms. The molecule has 0 N–H and O–H groups in total. The number of carbonyl (C=O) groups excluding carboxylic acids is 1. The molecule has 0 atom stereocenters. The number of carbonyl (C=O) groups is 1. The molecule has 0 saturated carbocycles. The molecule has 2 heterocycles. The highest BCUT2D eigenvalue weighted by atomic mass is 19.1. The molecule has 0 radical (unpaired) electrons. The van der Waals surface area contributed by atoms with Gasteiger partial charge < -0.3 is 4.90 Å². The maximum absolute atomic E-state index is 14.3. The first-order chi connectivity index (χ1) is 15.5. The second-order valence-electron chi connectivity index (χ2n) is 7.86. The van der Waals surface area contributed by atoms with Crippen LogP contribution in [0.25, 0.3) is 0 Å². The molecule has 2 aromatic carbocycles. The number of hydrogen-bond acceptors (Lipinski definition) is 3. The summed E-state index contributed by atoms with van der Waals surface area (Å²) < 4.78 is 16.2. The Hall–Kier alpha value is -3.80. The van der Waals surface area contributed by atoms with Crippen LogP contribution >= 0.6 is 0 Å². The van der Waals surface area contributed by atoms with Crippen molar-refractivity contribution in [2.75, 3.05) is 0 Å². The summed E-state index contributed by atoms with van der Waals surface area (Å²) in [5, 5.41) is 4.49. The van der Waals surface area contributed by atoms with Crippen LogP contribution in [0.4, 0.5) is 4.39 Å². The minimum atomic E-state index is -0.327. The van der Waals surface area contributed by atoms with Crippen LogP contribution in [0.2, 0.25) is 0 Å². The fourth-order valence-corrected chi connectivity index (χ4v) is 3.66. The Kier molecular flexibility index (Phi) is 6.40. The Morgan fingerprint density at radius 1 is 0.969 bits per heavy atom. The summed E-state index contributed by atoms with van der Waals surface area (Å²) in [5.74, 6) is -0.497. The number of pyridine rings is 1. The van der Waals surface area contributed by atoms with Crippen molar-refractivity contribution in [2.24, 2.45) is 0 Å². The minimum absolute atomic E-state index is 0.162. The summed E-state index contributed by atoms with van der Waals surface area (Å²) in [4.78, 5) is 19.3. The number of amides is 1. The average molecular weight is 429 g/mol. The summed E-state index contributed by atoms with van der Waals surface area (Å²) in [6.07, 6.45) is 1.69. The van der Waals surface area contributed by atoms with Gasteiger partial charge in [-0.1, -0.05) is 36.4 Å². The monoisotopic (exact) mass is 428 g/mol. The van der Waals surface area contributed by atoms with Gasteiger partial charge in [-0.2, -0.15) is 5.10 Å². The molecule has 5 nitrogen and oxygen atoms in total. The van der Waals surface area contributed by atoms with E-state index >= 15 is 0 Å². The first-order valence-corrected chi connectivity index (χ1v) is 10.5. The number of halogens is 1. The molecule has 32 heavy (non-hydrogen) atoms. The molecule has 0 aliphatic carbocycles. The van der Waals surface area contributed by atoms with Crippen molar-refractivity contribution in [2.45, 2.75) is 33.5 Å². The quantitative estimate of drug-likeness (QED) is 0.420. The standard InChI is InChI=1S/C26H25FN4O/c1-19-15-20(2)31(29-19)16-21-10-12-22(13-11-21)26(32)30(18-24-8-5-6-14-28-24)17-23-7-3-4-9-25(23)27/h3-15H,16-18H2,1-2H3. The van der Waals surface area contributed by atoms with Crippen LogP contribution in [0.1, 0.15) is 38.6 Å². The van der Waals surface area contributed by atoms with Crippen molar-refractivity contribution in [1.82, 2.24) is 19.7 Å². The maximum atomic E-state index is 14.3. The molecular formula is C26H25FN4O. The maximum Gasteiger partial charge on any atom is 0.254 e. The highest BCUT2D eigenvalue weighted by Gasteiger charge is 2.19. The van der Waals surface area contributed by atoms with Gasteiger partial charge in [-0.15, -0.1) is 0 Å². The molecule has 0 aliphatic heterocycles. The van der Waals surface area contributed by atoms with Gasteiger partial charge in [0.15, 0.2) is 0 Å². The van der Waals surface area contributed by atoms with Crippen molar-refractivity contribution in [1.29, 1.82) is 0 Å². The van der Waals surface area contributed by atoms with Gasteiger partial charge in [0.25, 0.3) is 5.91 Å². The van der Waals surface area contributed by atoms with E-state index in [1.165, 1.54) is 6.07 Å². The van der Waals surface area contributed by atoms with Crippen LogP contribution in [0, 0.1) is 19.7 Å². The molecule has 1 amide bonds. The van der Waals surface area contributed by atoms with Crippen molar-refractivity contribution in [3.63, 3.8) is 0 Å². The summed E-state index contributed by atoms with van der Waals surface area (Å²) >= 11 is 0. The van der Waals surface area contributed by atoms with Gasteiger partial charge in [0.05, 0.1) is 24.5 Å². The Balaban J connectivity index is 1.55. The smallest absolute Gasteiger partial charge is 0.254 e. The summed E-state index contributed by atoms with van der Waals surface area (Å²) in [6, 6.07) is 21.6. The molecule has 4 rings (SSSR count). The third-order valence-corrected chi connectivity index (χ3v) is 5.32. The van der Waals surface area contributed by atoms with E-state index in [2.05, 4.69) is 10.1 Å². The highest BCUT2D eigenvalue weighted by molar-refractivity contribution is 5.94. The fraction of sp³-hybridized carbons (Fsp3) is 0.192. The van der Waals surface area contributed by atoms with E-state index in [0.29, 0.717) is 24.2 Å². The van der Waals surface area contributed by atoms with Gasteiger partial charge >= 0.3 is 0 Å². The third kappa shape index (κ3) is 5.09. The molecule has 2 aromatic heterocycles. The van der Waals surface area contributed by atoms with Crippen molar-refractivity contribution in [3.05, 3.63) is 119 Å². The van der Waals surface area contributed by atoms with Crippen LogP contribution in [0.15, 0.2) is 79.0 Å². The molecule has 0 aliphatic rings. The first kappa shape index (κ1) is 21.4. The number of aryl methyl sites for hydroxylation is 2. The topological polar surface area (TPSA) is 51.0 Å². The number of benzene rings is 2. The molecule has 4 aromatic rings. The first-order valence-electron chi connectivity index (χ1n) is 10.5. The molecule has 0 fully saturated rings. The largest absolute Gasteiger partial charge is 0.328 e. The van der Waals surface area contributed by atoms with Gasteiger partial charge in [0, 0.05) is 29.6 Å². The lowest BCUT2D eigenvalue weighted by atomic mass is 10.1. The normalized spacial score (nSPS) is 10.8. The fourth-order valence-electron chi connectivity index (χ4n) is 3.66. The van der Waals surface area contributed by atoms with Crippen LogP contribution in [0.5, 0.6) is 0 Å². The SMILES string of the molecule is Cc1cc(C)n(Cc2ccc(C(=O)N(Cc3ccccn3)Cc3ccccc3F)cc2)n1. The third-order valence-electron chi connectivity index (χ3n) is 5.32. The predicted octanol–water partition coefficient (Wildman–Crippen LogP) is 4.92. The number of aromatic nitrogens is 3. The van der Waals surface area contributed by atoms with E-state index in [9.17, 15) is 9.18 Å². The minimum Gasteiger partial charge on any atom is -0.328 e. The highest BCUT2D eigenvalue weighted by Crippen LogP contribution is 2.17. The van der Waals surface area contributed by atoms with Crippen LogP contribution < -0.4 is 0 Å². The number of nitrogens with zero attached hydrogens (tertiary/aromatic N) is 4. The van der Waals surface area contributed by atoms with E-state index in [1.54, 1.807) is 29.3 Å². The second-order valence-corrected chi connectivity index (χ2v) is 7.86. The van der Waals surface area contributed by atoms with Gasteiger partial charge in [-0.3, -0.25) is 14.5 Å². The van der Waals surface area contributed by atoms with Crippen molar-refractivity contribution in [3.8, 4) is 0 Å². The average Bonchev–Trinajstić information content (AvgIpc) is 3.12. The zero-order valence-corrected chi connectivity index (χ0v) is 18.2. The van der Waals surface area contributed by atoms with Gasteiger partial charge in [0.1, 0.15) is 5.82 Å². The lowest BCUT2D eigenvalue weighted by molar-refractivity contribution is 0.0726. The van der Waals surface area contributed by atoms with E-state index in [0.717, 1.165) is 22.6 Å². The Bertz CT molecular complexity index is 1200. The van der Waals surface area contributed by atoms with Crippen LogP contribution in [-0.2, 0) is 19.6 Å². The molecule has 0 bridgehead atoms. The van der Waals surface area contributed by atoms with E-state index in [1.807, 2.05) is 67.1 Å². The van der Waals surface area contributed by atoms with Crippen molar-refractivity contribution < 1.29 is 9.18 Å². The van der Waals surface area contributed by atoms with E-state index in [4.69, 9.17) is 0 Å². The number of rotatable bonds is 7. The molecule has 162 valence electrons. The zero-order chi connectivity index (χ0) is 22.5. The predicted molar refractivity (Wildman–Crippen MR) is 121 cm³/mol. The van der Waals surface area contributed by atoms with Gasteiger partial charge in [-0.05, 0) is 55.8 Å². The Morgan fingerprint density at radius 3 is 2.38 bits per heavy atom. The molecular weight excluding hydrogens is 403 g/mol. The van der Waals surface area contributed by atoms with Gasteiger partial charge in [-0.25, -0.2) is 4.39 Å². The summed E-state index contributed by atoms with van der Waals surface area (Å²) in [7, 11) is 0. The second kappa shape index (κ2) is 9.56. The van der Waals surface area contributed by atoms with Gasteiger partial charge in [0.2, 0.25) is 0 Å². The Labute approximate surface area is 187 Å². The number of hydrogen-bond donors (Lipinski definition) is 0.